The molecule has 3 nitrogen and oxygen atoms in total. The largest absolute Gasteiger partial charge is 0.320 e. The molecule has 1 aliphatic carbocycles. The van der Waals surface area contributed by atoms with Crippen LogP contribution in [0.4, 0.5) is 0 Å². The van der Waals surface area contributed by atoms with Gasteiger partial charge in [-0.15, -0.1) is 12.4 Å². The van der Waals surface area contributed by atoms with Gasteiger partial charge in [-0.25, -0.2) is 0 Å². The summed E-state index contributed by atoms with van der Waals surface area (Å²) in [5, 5.41) is 7.16. The highest BCUT2D eigenvalue weighted by molar-refractivity contribution is 5.85. The molecule has 0 bridgehead atoms. The fourth-order valence-electron chi connectivity index (χ4n) is 1.74. The van der Waals surface area contributed by atoms with Crippen LogP contribution in [0.3, 0.4) is 0 Å². The third-order valence-electron chi connectivity index (χ3n) is 2.70. The topological polar surface area (TPSA) is 54.7 Å². The van der Waals surface area contributed by atoms with E-state index in [2.05, 4.69) is 17.1 Å². The van der Waals surface area contributed by atoms with Crippen LogP contribution in [0.1, 0.15) is 37.6 Å². The van der Waals surface area contributed by atoms with Gasteiger partial charge in [0, 0.05) is 5.69 Å². The Morgan fingerprint density at radius 2 is 2.29 bits per heavy atom. The van der Waals surface area contributed by atoms with E-state index >= 15 is 0 Å². The van der Waals surface area contributed by atoms with Gasteiger partial charge in [0.05, 0.1) is 11.2 Å². The van der Waals surface area contributed by atoms with E-state index in [0.717, 1.165) is 23.7 Å². The van der Waals surface area contributed by atoms with E-state index in [1.54, 1.807) is 0 Å². The van der Waals surface area contributed by atoms with Crippen molar-refractivity contribution in [2.45, 2.75) is 38.6 Å². The van der Waals surface area contributed by atoms with Crippen LogP contribution >= 0.6 is 12.4 Å². The second-order valence-corrected chi connectivity index (χ2v) is 4.50. The van der Waals surface area contributed by atoms with Crippen molar-refractivity contribution in [3.8, 4) is 0 Å². The Kier molecular flexibility index (Phi) is 3.22. The number of nitrogens with zero attached hydrogens (tertiary/aromatic N) is 1. The smallest absolute Gasteiger partial charge is 0.0820 e. The lowest BCUT2D eigenvalue weighted by Gasteiger charge is -2.21. The molecule has 14 heavy (non-hydrogen) atoms. The molecule has 1 saturated carbocycles. The van der Waals surface area contributed by atoms with Gasteiger partial charge in [-0.05, 0) is 32.3 Å². The normalized spacial score (nSPS) is 19.9. The molecule has 0 radical (unpaired) electrons. The number of aryl methyl sites for hydroxylation is 1. The maximum absolute atomic E-state index is 6.21. The van der Waals surface area contributed by atoms with E-state index in [9.17, 15) is 0 Å². The Morgan fingerprint density at radius 1 is 1.64 bits per heavy atom. The highest BCUT2D eigenvalue weighted by Crippen LogP contribution is 2.38. The molecule has 3 N–H and O–H groups in total. The van der Waals surface area contributed by atoms with E-state index in [1.807, 2.05) is 13.0 Å². The van der Waals surface area contributed by atoms with E-state index in [4.69, 9.17) is 5.73 Å². The average Bonchev–Trinajstić information content (AvgIpc) is 2.70. The van der Waals surface area contributed by atoms with Crippen LogP contribution in [0.25, 0.3) is 0 Å². The zero-order valence-electron chi connectivity index (χ0n) is 8.71. The highest BCUT2D eigenvalue weighted by Gasteiger charge is 2.33. The fraction of sp³-hybridized carbons (Fsp3) is 0.700. The Labute approximate surface area is 90.9 Å². The summed E-state index contributed by atoms with van der Waals surface area (Å²) in [6.45, 7) is 4.07. The van der Waals surface area contributed by atoms with Crippen LogP contribution in [0.15, 0.2) is 6.07 Å². The summed E-state index contributed by atoms with van der Waals surface area (Å²) in [6, 6.07) is 2.04. The minimum atomic E-state index is -0.244. The predicted octanol–water partition coefficient (Wildman–Crippen LogP) is 2.11. The first-order valence-electron chi connectivity index (χ1n) is 4.89. The summed E-state index contributed by atoms with van der Waals surface area (Å²) in [5.74, 6) is 0.840. The van der Waals surface area contributed by atoms with Crippen LogP contribution in [-0.2, 0) is 5.54 Å². The predicted molar refractivity (Wildman–Crippen MR) is 59.5 cm³/mol. The molecular formula is C10H18ClN3. The molecule has 4 heteroatoms. The first kappa shape index (κ1) is 11.5. The van der Waals surface area contributed by atoms with Crippen LogP contribution in [-0.4, -0.2) is 10.2 Å². The molecule has 80 valence electrons. The van der Waals surface area contributed by atoms with Gasteiger partial charge in [0.25, 0.3) is 0 Å². The number of aromatic nitrogens is 2. The van der Waals surface area contributed by atoms with E-state index in [1.165, 1.54) is 12.8 Å². The van der Waals surface area contributed by atoms with Gasteiger partial charge in [0.15, 0.2) is 0 Å². The zero-order chi connectivity index (χ0) is 9.47. The standard InChI is InChI=1S/C10H17N3.ClH/c1-7-5-9(13-12-7)10(2,11)6-8-3-4-8;/h5,8H,3-4,6,11H2,1-2H3,(H,12,13);1H/t10-;/m1./s1. The molecule has 1 aliphatic rings. The average molecular weight is 216 g/mol. The first-order valence-corrected chi connectivity index (χ1v) is 4.89. The molecule has 2 rings (SSSR count). The molecule has 0 unspecified atom stereocenters. The van der Waals surface area contributed by atoms with Crippen molar-refractivity contribution in [1.82, 2.24) is 10.2 Å². The summed E-state index contributed by atoms with van der Waals surface area (Å²) in [6.07, 6.45) is 3.75. The van der Waals surface area contributed by atoms with Crippen molar-refractivity contribution in [2.75, 3.05) is 0 Å². The number of halogens is 1. The second-order valence-electron chi connectivity index (χ2n) is 4.50. The molecule has 0 spiro atoms. The molecule has 0 aliphatic heterocycles. The van der Waals surface area contributed by atoms with Crippen LogP contribution in [0, 0.1) is 12.8 Å². The minimum Gasteiger partial charge on any atom is -0.320 e. The van der Waals surface area contributed by atoms with E-state index in [-0.39, 0.29) is 17.9 Å². The van der Waals surface area contributed by atoms with Crippen LogP contribution in [0.5, 0.6) is 0 Å². The van der Waals surface area contributed by atoms with Gasteiger partial charge >= 0.3 is 0 Å². The van der Waals surface area contributed by atoms with Crippen molar-refractivity contribution in [3.05, 3.63) is 17.5 Å². The molecule has 1 aromatic rings. The number of hydrogen-bond donors (Lipinski definition) is 2. The SMILES string of the molecule is Cc1cc([C@](C)(N)CC2CC2)n[nH]1.Cl. The molecule has 0 aromatic carbocycles. The van der Waals surface area contributed by atoms with Crippen molar-refractivity contribution < 1.29 is 0 Å². The molecule has 1 aromatic heterocycles. The zero-order valence-corrected chi connectivity index (χ0v) is 9.53. The van der Waals surface area contributed by atoms with Crippen LogP contribution in [0.2, 0.25) is 0 Å². The third kappa shape index (κ3) is 2.49. The quantitative estimate of drug-likeness (QED) is 0.812. The van der Waals surface area contributed by atoms with Gasteiger partial charge in [-0.3, -0.25) is 5.10 Å². The van der Waals surface area contributed by atoms with Crippen molar-refractivity contribution in [2.24, 2.45) is 11.7 Å². The summed E-state index contributed by atoms with van der Waals surface area (Å²) in [7, 11) is 0. The Bertz CT molecular complexity index is 302. The van der Waals surface area contributed by atoms with Crippen molar-refractivity contribution in [1.29, 1.82) is 0 Å². The van der Waals surface area contributed by atoms with Gasteiger partial charge in [-0.1, -0.05) is 12.8 Å². The molecule has 0 saturated heterocycles. The third-order valence-corrected chi connectivity index (χ3v) is 2.70. The van der Waals surface area contributed by atoms with Gasteiger partial charge in [0.1, 0.15) is 0 Å². The van der Waals surface area contributed by atoms with Gasteiger partial charge < -0.3 is 5.73 Å². The lowest BCUT2D eigenvalue weighted by molar-refractivity contribution is 0.411. The number of nitrogens with two attached hydrogens (primary N) is 1. The molecule has 1 atom stereocenters. The Hall–Kier alpha value is -0.540. The molecular weight excluding hydrogens is 198 g/mol. The highest BCUT2D eigenvalue weighted by atomic mass is 35.5. The lowest BCUT2D eigenvalue weighted by atomic mass is 9.92. The van der Waals surface area contributed by atoms with Crippen molar-refractivity contribution in [3.63, 3.8) is 0 Å². The van der Waals surface area contributed by atoms with E-state index in [0.29, 0.717) is 0 Å². The van der Waals surface area contributed by atoms with Gasteiger partial charge in [-0.2, -0.15) is 5.10 Å². The second kappa shape index (κ2) is 3.91. The lowest BCUT2D eigenvalue weighted by Crippen LogP contribution is -2.34. The fourth-order valence-corrected chi connectivity index (χ4v) is 1.74. The molecule has 1 fully saturated rings. The number of rotatable bonds is 3. The van der Waals surface area contributed by atoms with Crippen molar-refractivity contribution >= 4 is 12.4 Å². The van der Waals surface area contributed by atoms with E-state index < -0.39 is 0 Å². The monoisotopic (exact) mass is 215 g/mol. The van der Waals surface area contributed by atoms with Gasteiger partial charge in [0.2, 0.25) is 0 Å². The maximum atomic E-state index is 6.21. The summed E-state index contributed by atoms with van der Waals surface area (Å²) in [5.41, 5.74) is 8.05. The summed E-state index contributed by atoms with van der Waals surface area (Å²) in [4.78, 5) is 0. The molecule has 1 heterocycles. The minimum absolute atomic E-state index is 0. The summed E-state index contributed by atoms with van der Waals surface area (Å²) < 4.78 is 0. The number of hydrogen-bond acceptors (Lipinski definition) is 2. The number of aromatic amines is 1. The maximum Gasteiger partial charge on any atom is 0.0820 e. The van der Waals surface area contributed by atoms with Crippen LogP contribution < -0.4 is 5.73 Å². The Balaban J connectivity index is 0.000000980. The molecule has 0 amide bonds. The first-order chi connectivity index (χ1) is 6.08. The summed E-state index contributed by atoms with van der Waals surface area (Å²) >= 11 is 0. The Morgan fingerprint density at radius 3 is 2.71 bits per heavy atom. The number of nitrogens with one attached hydrogen (secondary N) is 1. The number of H-pyrrole nitrogens is 1.